The number of anilines is 1. The van der Waals surface area contributed by atoms with Crippen LogP contribution in [0.3, 0.4) is 0 Å². The lowest BCUT2D eigenvalue weighted by atomic mass is 9.91. The molecule has 1 atom stereocenters. The number of carbonyl (C=O) groups excluding carboxylic acids is 1. The number of hydrogen-bond donors (Lipinski definition) is 1. The van der Waals surface area contributed by atoms with E-state index in [1.807, 2.05) is 79.8 Å². The summed E-state index contributed by atoms with van der Waals surface area (Å²) in [6.07, 6.45) is 0.843. The van der Waals surface area contributed by atoms with Crippen molar-refractivity contribution in [1.82, 2.24) is 5.32 Å². The zero-order chi connectivity index (χ0) is 20.8. The second-order valence-corrected chi connectivity index (χ2v) is 7.15. The first kappa shape index (κ1) is 19.9. The molecular weight excluding hydrogens is 374 g/mol. The van der Waals surface area contributed by atoms with Gasteiger partial charge in [-0.25, -0.2) is 9.79 Å². The van der Waals surface area contributed by atoms with Crippen molar-refractivity contribution in [2.45, 2.75) is 12.5 Å². The molecular formula is C25H25N3O2. The normalized spacial score (nSPS) is 16.9. The third kappa shape index (κ3) is 4.42. The van der Waals surface area contributed by atoms with Crippen molar-refractivity contribution in [1.29, 1.82) is 0 Å². The molecule has 0 bridgehead atoms. The molecule has 0 radical (unpaired) electrons. The smallest absolute Gasteiger partial charge is 0.338 e. The van der Waals surface area contributed by atoms with Crippen LogP contribution in [0.15, 0.2) is 89.9 Å². The van der Waals surface area contributed by atoms with Gasteiger partial charge in [0.2, 0.25) is 0 Å². The first-order chi connectivity index (χ1) is 14.8. The minimum Gasteiger partial charge on any atom is -0.461 e. The van der Waals surface area contributed by atoms with E-state index >= 15 is 0 Å². The van der Waals surface area contributed by atoms with Crippen LogP contribution in [0.2, 0.25) is 0 Å². The Balaban J connectivity index is 1.54. The number of benzene rings is 3. The molecule has 0 aliphatic carbocycles. The number of amidine groups is 1. The molecule has 1 N–H and O–H groups in total. The van der Waals surface area contributed by atoms with Crippen LogP contribution in [0.1, 0.15) is 28.4 Å². The van der Waals surface area contributed by atoms with Gasteiger partial charge in [-0.1, -0.05) is 48.5 Å². The van der Waals surface area contributed by atoms with Crippen LogP contribution >= 0.6 is 0 Å². The van der Waals surface area contributed by atoms with Crippen molar-refractivity contribution < 1.29 is 9.53 Å². The SMILES string of the molecule is CNCCOC(=O)c1ccc(C2CC(=Nc3ccccc3)N2c2ccccc2)cc1. The van der Waals surface area contributed by atoms with Crippen molar-refractivity contribution >= 4 is 23.2 Å². The average molecular weight is 399 g/mol. The van der Waals surface area contributed by atoms with Crippen molar-refractivity contribution in [3.8, 4) is 0 Å². The second kappa shape index (κ2) is 9.37. The first-order valence-electron chi connectivity index (χ1n) is 10.1. The van der Waals surface area contributed by atoms with Gasteiger partial charge in [0.05, 0.1) is 17.3 Å². The van der Waals surface area contributed by atoms with Gasteiger partial charge in [0.25, 0.3) is 0 Å². The highest BCUT2D eigenvalue weighted by atomic mass is 16.5. The molecule has 0 spiro atoms. The Labute approximate surface area is 177 Å². The van der Waals surface area contributed by atoms with Crippen molar-refractivity contribution in [2.75, 3.05) is 25.1 Å². The molecule has 30 heavy (non-hydrogen) atoms. The van der Waals surface area contributed by atoms with Crippen molar-refractivity contribution in [3.05, 3.63) is 96.1 Å². The Kier molecular flexibility index (Phi) is 6.20. The van der Waals surface area contributed by atoms with Crippen LogP contribution in [0.4, 0.5) is 11.4 Å². The van der Waals surface area contributed by atoms with E-state index in [1.54, 1.807) is 0 Å². The fraction of sp³-hybridized carbons (Fsp3) is 0.200. The van der Waals surface area contributed by atoms with E-state index in [-0.39, 0.29) is 12.0 Å². The Bertz CT molecular complexity index is 1000. The molecule has 1 saturated heterocycles. The minimum absolute atomic E-state index is 0.184. The summed E-state index contributed by atoms with van der Waals surface area (Å²) >= 11 is 0. The number of nitrogens with one attached hydrogen (secondary N) is 1. The molecule has 0 aromatic heterocycles. The molecule has 0 amide bonds. The van der Waals surface area contributed by atoms with Gasteiger partial charge >= 0.3 is 5.97 Å². The van der Waals surface area contributed by atoms with Crippen LogP contribution < -0.4 is 10.2 Å². The molecule has 1 unspecified atom stereocenters. The standard InChI is InChI=1S/C25H25N3O2/c1-26-16-17-30-25(29)20-14-12-19(13-15-20)23-18-24(27-21-8-4-2-5-9-21)28(23)22-10-6-3-7-11-22/h2-15,23,26H,16-18H2,1H3. The number of nitrogens with zero attached hydrogens (tertiary/aromatic N) is 2. The molecule has 4 rings (SSSR count). The predicted molar refractivity (Wildman–Crippen MR) is 120 cm³/mol. The summed E-state index contributed by atoms with van der Waals surface area (Å²) in [5.41, 5.74) is 3.78. The van der Waals surface area contributed by atoms with Gasteiger partial charge < -0.3 is 15.0 Å². The van der Waals surface area contributed by atoms with Crippen molar-refractivity contribution in [3.63, 3.8) is 0 Å². The van der Waals surface area contributed by atoms with Crippen molar-refractivity contribution in [2.24, 2.45) is 4.99 Å². The number of likely N-dealkylation sites (N-methyl/N-ethyl adjacent to an activating group) is 1. The Hall–Kier alpha value is -3.44. The largest absolute Gasteiger partial charge is 0.461 e. The van der Waals surface area contributed by atoms with Crippen LogP contribution in [0.5, 0.6) is 0 Å². The minimum atomic E-state index is -0.295. The lowest BCUT2D eigenvalue weighted by Gasteiger charge is -2.44. The van der Waals surface area contributed by atoms with Gasteiger partial charge in [-0.2, -0.15) is 0 Å². The summed E-state index contributed by atoms with van der Waals surface area (Å²) in [4.78, 5) is 19.3. The van der Waals surface area contributed by atoms with Gasteiger partial charge in [0, 0.05) is 18.7 Å². The lowest BCUT2D eigenvalue weighted by Crippen LogP contribution is -2.46. The topological polar surface area (TPSA) is 53.9 Å². The van der Waals surface area contributed by atoms with E-state index in [9.17, 15) is 4.79 Å². The van der Waals surface area contributed by atoms with E-state index < -0.39 is 0 Å². The summed E-state index contributed by atoms with van der Waals surface area (Å²) in [6, 6.07) is 28.2. The van der Waals surface area contributed by atoms with E-state index in [0.29, 0.717) is 18.7 Å². The van der Waals surface area contributed by atoms with E-state index in [4.69, 9.17) is 9.73 Å². The Morgan fingerprint density at radius 2 is 1.67 bits per heavy atom. The number of rotatable bonds is 7. The maximum Gasteiger partial charge on any atom is 0.338 e. The highest BCUT2D eigenvalue weighted by Gasteiger charge is 2.36. The Morgan fingerprint density at radius 1 is 1.00 bits per heavy atom. The van der Waals surface area contributed by atoms with Gasteiger partial charge in [-0.15, -0.1) is 0 Å². The summed E-state index contributed by atoms with van der Waals surface area (Å²) in [6.45, 7) is 1.00. The number of ether oxygens (including phenoxy) is 1. The summed E-state index contributed by atoms with van der Waals surface area (Å²) in [5, 5.41) is 2.96. The van der Waals surface area contributed by atoms with Gasteiger partial charge in [-0.3, -0.25) is 0 Å². The molecule has 1 aliphatic rings. The third-order valence-electron chi connectivity index (χ3n) is 5.13. The first-order valence-corrected chi connectivity index (χ1v) is 10.1. The number of para-hydroxylation sites is 2. The van der Waals surface area contributed by atoms with Gasteiger partial charge in [0.15, 0.2) is 0 Å². The molecule has 1 aliphatic heterocycles. The zero-order valence-electron chi connectivity index (χ0n) is 17.0. The van der Waals surface area contributed by atoms with Crippen LogP contribution in [0, 0.1) is 0 Å². The maximum atomic E-state index is 12.1. The highest BCUT2D eigenvalue weighted by Crippen LogP contribution is 2.40. The van der Waals surface area contributed by atoms with Gasteiger partial charge in [0.1, 0.15) is 12.4 Å². The van der Waals surface area contributed by atoms with Gasteiger partial charge in [-0.05, 0) is 49.0 Å². The average Bonchev–Trinajstić information content (AvgIpc) is 2.78. The number of hydrogen-bond acceptors (Lipinski definition) is 4. The molecule has 1 heterocycles. The molecule has 1 fully saturated rings. The van der Waals surface area contributed by atoms with Crippen LogP contribution in [0.25, 0.3) is 0 Å². The zero-order valence-corrected chi connectivity index (χ0v) is 17.0. The number of carbonyl (C=O) groups is 1. The Morgan fingerprint density at radius 3 is 2.33 bits per heavy atom. The summed E-state index contributed by atoms with van der Waals surface area (Å²) in [7, 11) is 1.83. The highest BCUT2D eigenvalue weighted by molar-refractivity contribution is 6.06. The fourth-order valence-corrected chi connectivity index (χ4v) is 3.54. The second-order valence-electron chi connectivity index (χ2n) is 7.15. The summed E-state index contributed by atoms with van der Waals surface area (Å²) < 4.78 is 5.25. The molecule has 152 valence electrons. The predicted octanol–water partition coefficient (Wildman–Crippen LogP) is 4.74. The molecule has 0 saturated carbocycles. The molecule has 3 aromatic rings. The van der Waals surface area contributed by atoms with E-state index in [1.165, 1.54) is 0 Å². The number of esters is 1. The molecule has 3 aromatic carbocycles. The van der Waals surface area contributed by atoms with Crippen LogP contribution in [-0.4, -0.2) is 32.0 Å². The number of aliphatic imine (C=N–C) groups is 1. The maximum absolute atomic E-state index is 12.1. The summed E-state index contributed by atoms with van der Waals surface area (Å²) in [5.74, 6) is 0.740. The van der Waals surface area contributed by atoms with E-state index in [0.717, 1.165) is 29.2 Å². The third-order valence-corrected chi connectivity index (χ3v) is 5.13. The van der Waals surface area contributed by atoms with E-state index in [2.05, 4.69) is 22.3 Å². The quantitative estimate of drug-likeness (QED) is 0.460. The van der Waals surface area contributed by atoms with Crippen LogP contribution in [-0.2, 0) is 4.74 Å². The lowest BCUT2D eigenvalue weighted by molar-refractivity contribution is 0.0510. The monoisotopic (exact) mass is 399 g/mol. The molecule has 5 nitrogen and oxygen atoms in total. The molecule has 5 heteroatoms. The fourth-order valence-electron chi connectivity index (χ4n) is 3.54.